The number of hydrogen-bond acceptors (Lipinski definition) is 4. The van der Waals surface area contributed by atoms with Crippen LogP contribution in [0.4, 0.5) is 0 Å². The SMILES string of the molecule is CCC(N)(CC)CNC(=O)c1ccc(SC)o1. The van der Waals surface area contributed by atoms with E-state index in [1.807, 2.05) is 20.1 Å². The minimum absolute atomic E-state index is 0.206. The van der Waals surface area contributed by atoms with Crippen LogP contribution in [0.5, 0.6) is 0 Å². The summed E-state index contributed by atoms with van der Waals surface area (Å²) in [7, 11) is 0. The second-order valence-corrected chi connectivity index (χ2v) is 4.89. The van der Waals surface area contributed by atoms with E-state index < -0.39 is 0 Å². The van der Waals surface area contributed by atoms with E-state index in [9.17, 15) is 4.79 Å². The lowest BCUT2D eigenvalue weighted by molar-refractivity contribution is 0.0909. The highest BCUT2D eigenvalue weighted by molar-refractivity contribution is 7.98. The number of carbonyl (C=O) groups is 1. The lowest BCUT2D eigenvalue weighted by Gasteiger charge is -2.26. The van der Waals surface area contributed by atoms with Crippen LogP contribution in [0, 0.1) is 0 Å². The molecule has 0 atom stereocenters. The van der Waals surface area contributed by atoms with Gasteiger partial charge in [0.1, 0.15) is 0 Å². The Morgan fingerprint density at radius 3 is 2.59 bits per heavy atom. The topological polar surface area (TPSA) is 68.3 Å². The van der Waals surface area contributed by atoms with Crippen LogP contribution in [0.25, 0.3) is 0 Å². The second-order valence-electron chi connectivity index (χ2n) is 4.07. The van der Waals surface area contributed by atoms with E-state index in [1.165, 1.54) is 11.8 Å². The molecule has 1 aromatic rings. The van der Waals surface area contributed by atoms with Gasteiger partial charge in [-0.05, 0) is 31.2 Å². The van der Waals surface area contributed by atoms with Crippen molar-refractivity contribution in [3.8, 4) is 0 Å². The van der Waals surface area contributed by atoms with E-state index in [0.717, 1.165) is 17.9 Å². The number of furan rings is 1. The Kier molecular flexibility index (Phi) is 5.08. The number of amides is 1. The van der Waals surface area contributed by atoms with Crippen molar-refractivity contribution in [2.24, 2.45) is 5.73 Å². The summed E-state index contributed by atoms with van der Waals surface area (Å²) in [5.41, 5.74) is 5.78. The van der Waals surface area contributed by atoms with Crippen molar-refractivity contribution in [3.63, 3.8) is 0 Å². The minimum atomic E-state index is -0.329. The summed E-state index contributed by atoms with van der Waals surface area (Å²) in [5, 5.41) is 3.55. The first-order valence-corrected chi connectivity index (χ1v) is 6.98. The molecule has 96 valence electrons. The second kappa shape index (κ2) is 6.12. The molecule has 0 bridgehead atoms. The molecular formula is C12H20N2O2S. The first-order valence-electron chi connectivity index (χ1n) is 5.75. The minimum Gasteiger partial charge on any atom is -0.445 e. The maximum Gasteiger partial charge on any atom is 0.287 e. The highest BCUT2D eigenvalue weighted by atomic mass is 32.2. The van der Waals surface area contributed by atoms with Gasteiger partial charge in [-0.15, -0.1) is 0 Å². The first kappa shape index (κ1) is 14.1. The summed E-state index contributed by atoms with van der Waals surface area (Å²) < 4.78 is 5.34. The molecule has 1 aromatic heterocycles. The van der Waals surface area contributed by atoms with E-state index >= 15 is 0 Å². The van der Waals surface area contributed by atoms with Crippen LogP contribution >= 0.6 is 11.8 Å². The van der Waals surface area contributed by atoms with Crippen molar-refractivity contribution in [1.29, 1.82) is 0 Å². The molecule has 4 nitrogen and oxygen atoms in total. The predicted molar refractivity (Wildman–Crippen MR) is 70.3 cm³/mol. The standard InChI is InChI=1S/C12H20N2O2S/c1-4-12(13,5-2)8-14-11(15)9-6-7-10(16-9)17-3/h6-7H,4-5,8,13H2,1-3H3,(H,14,15). The van der Waals surface area contributed by atoms with Gasteiger partial charge in [-0.2, -0.15) is 0 Å². The molecule has 5 heteroatoms. The van der Waals surface area contributed by atoms with Crippen molar-refractivity contribution in [1.82, 2.24) is 5.32 Å². The van der Waals surface area contributed by atoms with Crippen LogP contribution in [0.15, 0.2) is 21.6 Å². The van der Waals surface area contributed by atoms with Crippen molar-refractivity contribution in [2.45, 2.75) is 37.3 Å². The molecule has 0 aliphatic rings. The number of carbonyl (C=O) groups excluding carboxylic acids is 1. The van der Waals surface area contributed by atoms with Crippen LogP contribution in [0.2, 0.25) is 0 Å². The molecule has 0 aromatic carbocycles. The molecule has 1 heterocycles. The smallest absolute Gasteiger partial charge is 0.287 e. The Morgan fingerprint density at radius 2 is 2.12 bits per heavy atom. The van der Waals surface area contributed by atoms with E-state index in [1.54, 1.807) is 12.1 Å². The maximum absolute atomic E-state index is 11.8. The average molecular weight is 256 g/mol. The lowest BCUT2D eigenvalue weighted by atomic mass is 9.94. The van der Waals surface area contributed by atoms with Gasteiger partial charge in [0.25, 0.3) is 5.91 Å². The van der Waals surface area contributed by atoms with E-state index in [4.69, 9.17) is 10.2 Å². The normalized spacial score (nSPS) is 11.5. The molecule has 1 amide bonds. The first-order chi connectivity index (χ1) is 8.04. The van der Waals surface area contributed by atoms with Gasteiger partial charge < -0.3 is 15.5 Å². The molecule has 0 saturated heterocycles. The maximum atomic E-state index is 11.8. The van der Waals surface area contributed by atoms with E-state index in [0.29, 0.717) is 12.3 Å². The van der Waals surface area contributed by atoms with E-state index in [2.05, 4.69) is 5.32 Å². The third kappa shape index (κ3) is 3.78. The van der Waals surface area contributed by atoms with Gasteiger partial charge in [0, 0.05) is 12.1 Å². The number of nitrogens with two attached hydrogens (primary N) is 1. The molecular weight excluding hydrogens is 236 g/mol. The van der Waals surface area contributed by atoms with Gasteiger partial charge in [-0.1, -0.05) is 25.6 Å². The zero-order valence-corrected chi connectivity index (χ0v) is 11.4. The van der Waals surface area contributed by atoms with Crippen LogP contribution in [-0.4, -0.2) is 24.2 Å². The largest absolute Gasteiger partial charge is 0.445 e. The molecule has 0 unspecified atom stereocenters. The van der Waals surface area contributed by atoms with Gasteiger partial charge in [0.05, 0.1) is 0 Å². The summed E-state index contributed by atoms with van der Waals surface area (Å²) in [4.78, 5) is 11.8. The molecule has 0 aliphatic carbocycles. The quantitative estimate of drug-likeness (QED) is 0.766. The number of nitrogens with one attached hydrogen (secondary N) is 1. The van der Waals surface area contributed by atoms with Crippen molar-refractivity contribution >= 4 is 17.7 Å². The Bertz CT molecular complexity index is 372. The zero-order valence-electron chi connectivity index (χ0n) is 10.6. The average Bonchev–Trinajstić information content (AvgIpc) is 2.84. The Labute approximate surface area is 106 Å². The van der Waals surface area contributed by atoms with Crippen molar-refractivity contribution < 1.29 is 9.21 Å². The third-order valence-corrected chi connectivity index (χ3v) is 3.64. The zero-order chi connectivity index (χ0) is 12.9. The molecule has 0 radical (unpaired) electrons. The highest BCUT2D eigenvalue weighted by Crippen LogP contribution is 2.18. The molecule has 0 aliphatic heterocycles. The molecule has 17 heavy (non-hydrogen) atoms. The molecule has 3 N–H and O–H groups in total. The molecule has 0 saturated carbocycles. The van der Waals surface area contributed by atoms with Crippen LogP contribution < -0.4 is 11.1 Å². The number of thioether (sulfide) groups is 1. The van der Waals surface area contributed by atoms with Crippen molar-refractivity contribution in [3.05, 3.63) is 17.9 Å². The summed E-state index contributed by atoms with van der Waals surface area (Å²) >= 11 is 1.47. The monoisotopic (exact) mass is 256 g/mol. The fraction of sp³-hybridized carbons (Fsp3) is 0.583. The summed E-state index contributed by atoms with van der Waals surface area (Å²) in [6, 6.07) is 3.46. The van der Waals surface area contributed by atoms with Gasteiger partial charge in [0.15, 0.2) is 10.9 Å². The van der Waals surface area contributed by atoms with E-state index in [-0.39, 0.29) is 11.4 Å². The van der Waals surface area contributed by atoms with Crippen molar-refractivity contribution in [2.75, 3.05) is 12.8 Å². The highest BCUT2D eigenvalue weighted by Gasteiger charge is 2.22. The number of rotatable bonds is 6. The predicted octanol–water partition coefficient (Wildman–Crippen LogP) is 2.25. The van der Waals surface area contributed by atoms with Gasteiger partial charge in [0.2, 0.25) is 0 Å². The molecule has 0 fully saturated rings. The summed E-state index contributed by atoms with van der Waals surface area (Å²) in [6.45, 7) is 4.51. The third-order valence-electron chi connectivity index (χ3n) is 3.02. The fourth-order valence-electron chi connectivity index (χ4n) is 1.40. The lowest BCUT2D eigenvalue weighted by Crippen LogP contribution is -2.49. The Morgan fingerprint density at radius 1 is 1.47 bits per heavy atom. The van der Waals surface area contributed by atoms with Crippen LogP contribution in [-0.2, 0) is 0 Å². The van der Waals surface area contributed by atoms with Gasteiger partial charge >= 0.3 is 0 Å². The Balaban J connectivity index is 2.55. The van der Waals surface area contributed by atoms with Gasteiger partial charge in [-0.25, -0.2) is 0 Å². The summed E-state index contributed by atoms with van der Waals surface area (Å²) in [5.74, 6) is 0.130. The van der Waals surface area contributed by atoms with Gasteiger partial charge in [-0.3, -0.25) is 4.79 Å². The molecule has 0 spiro atoms. The Hall–Kier alpha value is -0.940. The fourth-order valence-corrected chi connectivity index (χ4v) is 1.77. The van der Waals surface area contributed by atoms with Crippen LogP contribution in [0.1, 0.15) is 37.2 Å². The molecule has 1 rings (SSSR count). The van der Waals surface area contributed by atoms with Crippen LogP contribution in [0.3, 0.4) is 0 Å². The summed E-state index contributed by atoms with van der Waals surface area (Å²) in [6.07, 6.45) is 3.57. The number of hydrogen-bond donors (Lipinski definition) is 2.